The van der Waals surface area contributed by atoms with E-state index >= 15 is 0 Å². The van der Waals surface area contributed by atoms with Crippen LogP contribution in [0.3, 0.4) is 0 Å². The van der Waals surface area contributed by atoms with Crippen LogP contribution in [0.2, 0.25) is 0 Å². The summed E-state index contributed by atoms with van der Waals surface area (Å²) in [6, 6.07) is 4.37. The molecule has 9 aliphatic carbocycles. The molecule has 0 amide bonds. The fourth-order valence-corrected chi connectivity index (χ4v) is 15.3. The summed E-state index contributed by atoms with van der Waals surface area (Å²) in [7, 11) is 0. The minimum absolute atomic E-state index is 0.568. The van der Waals surface area contributed by atoms with Gasteiger partial charge in [-0.25, -0.2) is 0 Å². The van der Waals surface area contributed by atoms with Gasteiger partial charge in [0.15, 0.2) is 0 Å². The SMILES string of the molecule is C1=CCC(C2=CCC(N(C3CCC(C4CC[C@H]5CCCCC5C4)CC3)C3CCCC4=C3C3C(CC4)[C@@H]4CCCCC4N3C3CC=CCC3)C=C2)C=C1. The first-order chi connectivity index (χ1) is 25.8. The molecule has 0 spiro atoms. The van der Waals surface area contributed by atoms with Crippen LogP contribution < -0.4 is 0 Å². The van der Waals surface area contributed by atoms with E-state index in [0.717, 1.165) is 59.7 Å². The molecular formula is C50H72N2. The largest absolute Gasteiger partial charge is 0.290 e. The zero-order valence-electron chi connectivity index (χ0n) is 32.8. The molecule has 4 saturated carbocycles. The third kappa shape index (κ3) is 6.58. The number of allylic oxidation sites excluding steroid dienone is 8. The standard InChI is InChI=1S/C50H72N2/c1-3-12-35(13-4-1)37-24-29-43(30-25-37)51(44-31-26-38(27-32-44)41-23-22-36-14-7-8-15-40(36)34-41)48-21-11-16-39-28-33-46-45-19-9-10-20-47(45)52(50(46)49(39)48)42-17-5-2-6-18-42/h1-5,12,24-25,29,35-36,38,40-48,50H,6-11,13-23,26-28,30-34H2/t35?,36-,38?,40?,41?,42?,43?,44?,45+,46?,47?,48?,50?/m1/s1. The van der Waals surface area contributed by atoms with Crippen LogP contribution in [0.25, 0.3) is 0 Å². The molecule has 282 valence electrons. The van der Waals surface area contributed by atoms with E-state index in [2.05, 4.69) is 64.5 Å². The zero-order valence-corrected chi connectivity index (χ0v) is 32.8. The van der Waals surface area contributed by atoms with Gasteiger partial charge in [-0.1, -0.05) is 98.8 Å². The number of hydrogen-bond acceptors (Lipinski definition) is 2. The van der Waals surface area contributed by atoms with Gasteiger partial charge in [-0.2, -0.15) is 0 Å². The third-order valence-electron chi connectivity index (χ3n) is 17.6. The molecule has 1 aliphatic heterocycles. The van der Waals surface area contributed by atoms with Crippen molar-refractivity contribution in [3.05, 3.63) is 71.4 Å². The Morgan fingerprint density at radius 2 is 1.40 bits per heavy atom. The van der Waals surface area contributed by atoms with E-state index in [9.17, 15) is 0 Å². The molecule has 0 aromatic heterocycles. The Hall–Kier alpha value is -1.64. The second-order valence-corrected chi connectivity index (χ2v) is 19.9. The maximum absolute atomic E-state index is 3.28. The Morgan fingerprint density at radius 1 is 0.596 bits per heavy atom. The Balaban J connectivity index is 0.949. The van der Waals surface area contributed by atoms with Crippen molar-refractivity contribution in [2.75, 3.05) is 0 Å². The summed E-state index contributed by atoms with van der Waals surface area (Å²) >= 11 is 0. The first-order valence-corrected chi connectivity index (χ1v) is 23.4. The molecule has 2 nitrogen and oxygen atoms in total. The summed E-state index contributed by atoms with van der Waals surface area (Å²) in [4.78, 5) is 6.55. The lowest BCUT2D eigenvalue weighted by molar-refractivity contribution is 0.0306. The van der Waals surface area contributed by atoms with Crippen LogP contribution in [0.1, 0.15) is 161 Å². The highest BCUT2D eigenvalue weighted by Gasteiger charge is 2.56. The van der Waals surface area contributed by atoms with Crippen molar-refractivity contribution in [2.24, 2.45) is 41.4 Å². The minimum atomic E-state index is 0.568. The molecule has 0 N–H and O–H groups in total. The predicted molar refractivity (Wildman–Crippen MR) is 218 cm³/mol. The maximum Gasteiger partial charge on any atom is 0.0363 e. The molecule has 0 aromatic carbocycles. The van der Waals surface area contributed by atoms with Crippen LogP contribution in [-0.4, -0.2) is 46.1 Å². The lowest BCUT2D eigenvalue weighted by Gasteiger charge is -2.53. The molecule has 10 rings (SSSR count). The van der Waals surface area contributed by atoms with Crippen molar-refractivity contribution < 1.29 is 0 Å². The van der Waals surface area contributed by atoms with E-state index in [1.54, 1.807) is 37.7 Å². The van der Waals surface area contributed by atoms with E-state index in [-0.39, 0.29) is 0 Å². The molecule has 11 atom stereocenters. The fourth-order valence-electron chi connectivity index (χ4n) is 15.3. The van der Waals surface area contributed by atoms with Gasteiger partial charge in [0.2, 0.25) is 0 Å². The Kier molecular flexibility index (Phi) is 10.4. The quantitative estimate of drug-likeness (QED) is 0.255. The molecule has 1 heterocycles. The predicted octanol–water partition coefficient (Wildman–Crippen LogP) is 12.5. The van der Waals surface area contributed by atoms with Gasteiger partial charge in [0.25, 0.3) is 0 Å². The van der Waals surface area contributed by atoms with Crippen LogP contribution in [0, 0.1) is 41.4 Å². The van der Waals surface area contributed by atoms with Crippen molar-refractivity contribution in [3.8, 4) is 0 Å². The fraction of sp³-hybridized carbons (Fsp3) is 0.760. The second kappa shape index (κ2) is 15.5. The molecule has 9 unspecified atom stereocenters. The van der Waals surface area contributed by atoms with E-state index < -0.39 is 0 Å². The maximum atomic E-state index is 3.28. The summed E-state index contributed by atoms with van der Waals surface area (Å²) in [5.74, 6) is 6.67. The molecule has 0 bridgehead atoms. The minimum Gasteiger partial charge on any atom is -0.290 e. The second-order valence-electron chi connectivity index (χ2n) is 19.9. The molecule has 1 saturated heterocycles. The van der Waals surface area contributed by atoms with E-state index in [1.807, 2.05) is 11.1 Å². The molecule has 0 radical (unpaired) electrons. The Morgan fingerprint density at radius 3 is 2.23 bits per heavy atom. The lowest BCUT2D eigenvalue weighted by atomic mass is 9.62. The summed E-state index contributed by atoms with van der Waals surface area (Å²) in [5, 5.41) is 0. The third-order valence-corrected chi connectivity index (χ3v) is 17.6. The zero-order chi connectivity index (χ0) is 34.4. The lowest BCUT2D eigenvalue weighted by Crippen LogP contribution is -2.57. The number of hydrogen-bond donors (Lipinski definition) is 0. The van der Waals surface area contributed by atoms with Gasteiger partial charge in [0.1, 0.15) is 0 Å². The highest BCUT2D eigenvalue weighted by Crippen LogP contribution is 2.56. The molecular weight excluding hydrogens is 629 g/mol. The van der Waals surface area contributed by atoms with Gasteiger partial charge < -0.3 is 0 Å². The molecule has 10 aliphatic rings. The van der Waals surface area contributed by atoms with Crippen molar-refractivity contribution in [1.82, 2.24) is 9.80 Å². The molecule has 0 aromatic rings. The first kappa shape index (κ1) is 34.8. The van der Waals surface area contributed by atoms with Gasteiger partial charge in [-0.3, -0.25) is 9.80 Å². The van der Waals surface area contributed by atoms with Crippen LogP contribution in [0.4, 0.5) is 0 Å². The highest BCUT2D eigenvalue weighted by atomic mass is 15.3. The summed E-state index contributed by atoms with van der Waals surface area (Å²) < 4.78 is 0. The van der Waals surface area contributed by atoms with Crippen molar-refractivity contribution in [3.63, 3.8) is 0 Å². The number of rotatable bonds is 6. The topological polar surface area (TPSA) is 6.48 Å². The summed E-state index contributed by atoms with van der Waals surface area (Å²) in [5.41, 5.74) is 5.55. The van der Waals surface area contributed by atoms with Crippen LogP contribution in [-0.2, 0) is 0 Å². The number of fused-ring (bicyclic) bond motifs is 5. The van der Waals surface area contributed by atoms with Crippen LogP contribution in [0.15, 0.2) is 71.4 Å². The van der Waals surface area contributed by atoms with E-state index in [4.69, 9.17) is 0 Å². The average Bonchev–Trinajstić information content (AvgIpc) is 3.57. The van der Waals surface area contributed by atoms with E-state index in [1.165, 1.54) is 128 Å². The van der Waals surface area contributed by atoms with Crippen molar-refractivity contribution in [2.45, 2.75) is 197 Å². The molecule has 52 heavy (non-hydrogen) atoms. The van der Waals surface area contributed by atoms with E-state index in [0.29, 0.717) is 18.0 Å². The monoisotopic (exact) mass is 701 g/mol. The van der Waals surface area contributed by atoms with Gasteiger partial charge in [0.05, 0.1) is 0 Å². The van der Waals surface area contributed by atoms with Crippen molar-refractivity contribution >= 4 is 0 Å². The van der Waals surface area contributed by atoms with Gasteiger partial charge >= 0.3 is 0 Å². The number of nitrogens with zero attached hydrogens (tertiary/aromatic N) is 2. The van der Waals surface area contributed by atoms with Crippen LogP contribution >= 0.6 is 0 Å². The van der Waals surface area contributed by atoms with Crippen molar-refractivity contribution in [1.29, 1.82) is 0 Å². The summed E-state index contributed by atoms with van der Waals surface area (Å²) in [6.07, 6.45) is 58.7. The molecule has 2 heteroatoms. The Labute approximate surface area is 318 Å². The first-order valence-electron chi connectivity index (χ1n) is 23.4. The van der Waals surface area contributed by atoms with Gasteiger partial charge in [-0.15, -0.1) is 0 Å². The molecule has 5 fully saturated rings. The smallest absolute Gasteiger partial charge is 0.0363 e. The normalized spacial score (nSPS) is 44.9. The Bertz CT molecular complexity index is 1450. The van der Waals surface area contributed by atoms with Crippen LogP contribution in [0.5, 0.6) is 0 Å². The van der Waals surface area contributed by atoms with Gasteiger partial charge in [0, 0.05) is 42.2 Å². The summed E-state index contributed by atoms with van der Waals surface area (Å²) in [6.45, 7) is 0. The number of likely N-dealkylation sites (tertiary alicyclic amines) is 1. The van der Waals surface area contributed by atoms with Gasteiger partial charge in [-0.05, 0) is 169 Å². The highest BCUT2D eigenvalue weighted by molar-refractivity contribution is 5.38. The average molecular weight is 701 g/mol.